The van der Waals surface area contributed by atoms with Crippen LogP contribution in [0.5, 0.6) is 0 Å². The third-order valence-corrected chi connectivity index (χ3v) is 1.42. The molecule has 1 unspecified atom stereocenters. The zero-order chi connectivity index (χ0) is 8.27. The third-order valence-electron chi connectivity index (χ3n) is 1.34. The molecule has 0 aromatic heterocycles. The number of hydrogen-bond acceptors (Lipinski definition) is 3. The van der Waals surface area contributed by atoms with Gasteiger partial charge in [-0.15, -0.1) is 5.01 Å². The van der Waals surface area contributed by atoms with Crippen molar-refractivity contribution >= 4 is 11.6 Å². The van der Waals surface area contributed by atoms with Gasteiger partial charge < -0.3 is 10.0 Å². The first-order valence-electron chi connectivity index (χ1n) is 3.43. The molecule has 64 valence electrons. The number of hydrazine groups is 1. The molecular weight excluding hydrogens is 170 g/mol. The Hall–Kier alpha value is -0.710. The highest BCUT2D eigenvalue weighted by atomic mass is 35.5. The van der Waals surface area contributed by atoms with E-state index in [9.17, 15) is 5.21 Å². The van der Waals surface area contributed by atoms with Crippen molar-refractivity contribution < 1.29 is 9.81 Å². The zero-order valence-electron chi connectivity index (χ0n) is 6.23. The molecule has 0 N–H and O–H groups in total. The van der Waals surface area contributed by atoms with Gasteiger partial charge in [0, 0.05) is 0 Å². The van der Waals surface area contributed by atoms with E-state index in [4.69, 9.17) is 11.6 Å². The van der Waals surface area contributed by atoms with Crippen LogP contribution in [0, 0.1) is 5.21 Å². The Morgan fingerprint density at radius 3 is 2.73 bits per heavy atom. The Labute approximate surface area is 69.7 Å². The summed E-state index contributed by atoms with van der Waals surface area (Å²) < 4.78 is 0. The summed E-state index contributed by atoms with van der Waals surface area (Å²) in [4.78, 5) is 4.96. The second-order valence-electron chi connectivity index (χ2n) is 2.29. The number of hydrogen-bond donors (Lipinski definition) is 0. The van der Waals surface area contributed by atoms with Gasteiger partial charge >= 0.3 is 0 Å². The Kier molecular flexibility index (Phi) is 2.76. The number of rotatable bonds is 3. The smallest absolute Gasteiger partial charge is 0.234 e. The van der Waals surface area contributed by atoms with Crippen LogP contribution in [0.1, 0.15) is 13.3 Å². The van der Waals surface area contributed by atoms with Crippen LogP contribution in [-0.2, 0) is 4.84 Å². The molecule has 1 aliphatic heterocycles. The van der Waals surface area contributed by atoms with E-state index < -0.39 is 5.56 Å². The van der Waals surface area contributed by atoms with Crippen molar-refractivity contribution in [2.24, 2.45) is 5.28 Å². The number of nitrogens with zero attached hydrogens (tertiary/aromatic N) is 3. The van der Waals surface area contributed by atoms with Gasteiger partial charge in [-0.1, -0.05) is 11.6 Å². The van der Waals surface area contributed by atoms with Crippen LogP contribution in [0.4, 0.5) is 0 Å². The first kappa shape index (κ1) is 8.39. The summed E-state index contributed by atoms with van der Waals surface area (Å²) in [6.45, 7) is 3.08. The van der Waals surface area contributed by atoms with Crippen LogP contribution in [0.25, 0.3) is 0 Å². The molecule has 5 nitrogen and oxygen atoms in total. The molecule has 0 aromatic rings. The van der Waals surface area contributed by atoms with Crippen LogP contribution in [0.15, 0.2) is 5.28 Å². The molecule has 1 heterocycles. The monoisotopic (exact) mass is 179 g/mol. The van der Waals surface area contributed by atoms with E-state index in [1.54, 1.807) is 6.92 Å². The van der Waals surface area contributed by atoms with E-state index in [-0.39, 0.29) is 0 Å². The Balaban J connectivity index is 2.26. The average Bonchev–Trinajstić information content (AvgIpc) is 1.79. The maximum absolute atomic E-state index is 10.8. The predicted molar refractivity (Wildman–Crippen MR) is 38.6 cm³/mol. The van der Waals surface area contributed by atoms with Gasteiger partial charge in [-0.3, -0.25) is 0 Å². The van der Waals surface area contributed by atoms with Crippen molar-refractivity contribution in [3.8, 4) is 0 Å². The maximum Gasteiger partial charge on any atom is 0.234 e. The molecule has 0 aromatic carbocycles. The fraction of sp³-hybridized carbons (Fsp3) is 1.00. The van der Waals surface area contributed by atoms with Gasteiger partial charge in [0.2, 0.25) is 10.8 Å². The molecule has 1 aliphatic rings. The molecule has 0 saturated carbocycles. The van der Waals surface area contributed by atoms with E-state index >= 15 is 0 Å². The van der Waals surface area contributed by atoms with Crippen LogP contribution >= 0.6 is 11.6 Å². The quantitative estimate of drug-likeness (QED) is 0.282. The minimum Gasteiger partial charge on any atom is -0.569 e. The Morgan fingerprint density at radius 2 is 2.36 bits per heavy atom. The Bertz CT molecular complexity index is 158. The van der Waals surface area contributed by atoms with Crippen LogP contribution < -0.4 is 0 Å². The van der Waals surface area contributed by atoms with E-state index in [0.717, 1.165) is 19.5 Å². The lowest BCUT2D eigenvalue weighted by molar-refractivity contribution is -0.722. The topological polar surface area (TPSA) is 50.9 Å². The maximum atomic E-state index is 10.8. The first-order chi connectivity index (χ1) is 5.20. The lowest BCUT2D eigenvalue weighted by atomic mass is 10.3. The normalized spacial score (nSPS) is 20.9. The third kappa shape index (κ3) is 2.42. The predicted octanol–water partition coefficient (Wildman–Crippen LogP) is 1.09. The summed E-state index contributed by atoms with van der Waals surface area (Å²) in [5.74, 6) is 0. The van der Waals surface area contributed by atoms with Gasteiger partial charge in [-0.2, -0.15) is 0 Å². The highest BCUT2D eigenvalue weighted by Gasteiger charge is 2.21. The Morgan fingerprint density at radius 1 is 1.73 bits per heavy atom. The van der Waals surface area contributed by atoms with Crippen molar-refractivity contribution in [1.29, 1.82) is 0 Å². The summed E-state index contributed by atoms with van der Waals surface area (Å²) in [7, 11) is 0. The standard InChI is InChI=1S/C5H10ClN3O2/c1-5(6)11-7-9(10)8-3-2-4-8/h5H,2-4H2,1H3/b9-7-. The average molecular weight is 180 g/mol. The molecular formula is C5H10ClN3O2. The van der Waals surface area contributed by atoms with E-state index in [0.29, 0.717) is 4.97 Å². The molecule has 0 spiro atoms. The lowest BCUT2D eigenvalue weighted by Gasteiger charge is -2.24. The van der Waals surface area contributed by atoms with Gasteiger partial charge in [0.05, 0.1) is 18.1 Å². The van der Waals surface area contributed by atoms with Crippen LogP contribution in [0.2, 0.25) is 0 Å². The van der Waals surface area contributed by atoms with Gasteiger partial charge in [0.25, 0.3) is 0 Å². The van der Waals surface area contributed by atoms with Gasteiger partial charge in [0.1, 0.15) is 0 Å². The van der Waals surface area contributed by atoms with Crippen molar-refractivity contribution in [2.45, 2.75) is 18.9 Å². The largest absolute Gasteiger partial charge is 0.569 e. The molecule has 1 saturated heterocycles. The van der Waals surface area contributed by atoms with Crippen molar-refractivity contribution in [1.82, 2.24) is 5.01 Å². The molecule has 6 heteroatoms. The highest BCUT2D eigenvalue weighted by molar-refractivity contribution is 6.19. The van der Waals surface area contributed by atoms with E-state index in [1.165, 1.54) is 5.01 Å². The molecule has 1 atom stereocenters. The molecule has 0 amide bonds. The van der Waals surface area contributed by atoms with E-state index in [1.807, 2.05) is 0 Å². The van der Waals surface area contributed by atoms with Crippen molar-refractivity contribution in [2.75, 3.05) is 13.1 Å². The number of halogens is 1. The van der Waals surface area contributed by atoms with E-state index in [2.05, 4.69) is 10.1 Å². The van der Waals surface area contributed by atoms with Crippen LogP contribution in [0.3, 0.4) is 0 Å². The minimum absolute atomic E-state index is 0.433. The fourth-order valence-corrected chi connectivity index (χ4v) is 0.663. The molecule has 11 heavy (non-hydrogen) atoms. The molecule has 0 bridgehead atoms. The second-order valence-corrected chi connectivity index (χ2v) is 2.90. The van der Waals surface area contributed by atoms with Crippen molar-refractivity contribution in [3.63, 3.8) is 0 Å². The fourth-order valence-electron chi connectivity index (χ4n) is 0.628. The highest BCUT2D eigenvalue weighted by Crippen LogP contribution is 2.06. The van der Waals surface area contributed by atoms with Gasteiger partial charge in [-0.05, 0) is 13.3 Å². The summed E-state index contributed by atoms with van der Waals surface area (Å²) >= 11 is 5.39. The summed E-state index contributed by atoms with van der Waals surface area (Å²) in [6, 6.07) is 0. The molecule has 0 aliphatic carbocycles. The molecule has 0 radical (unpaired) electrons. The summed E-state index contributed by atoms with van der Waals surface area (Å²) in [6.07, 6.45) is 1.03. The molecule has 1 fully saturated rings. The minimum atomic E-state index is -0.562. The second kappa shape index (κ2) is 3.61. The molecule has 1 rings (SSSR count). The number of alkyl halides is 1. The van der Waals surface area contributed by atoms with Gasteiger partial charge in [0.15, 0.2) is 0 Å². The first-order valence-corrected chi connectivity index (χ1v) is 3.87. The SMILES string of the molecule is CC(Cl)O/N=[N+](\[O-])N1CCC1. The van der Waals surface area contributed by atoms with Gasteiger partial charge in [-0.25, -0.2) is 0 Å². The van der Waals surface area contributed by atoms with Crippen molar-refractivity contribution in [3.05, 3.63) is 5.21 Å². The van der Waals surface area contributed by atoms with Crippen LogP contribution in [-0.4, -0.2) is 28.6 Å². The lowest BCUT2D eigenvalue weighted by Crippen LogP contribution is -2.42. The summed E-state index contributed by atoms with van der Waals surface area (Å²) in [5, 5.41) is 15.6. The summed E-state index contributed by atoms with van der Waals surface area (Å²) in [5.41, 5.74) is -0.562. The zero-order valence-corrected chi connectivity index (χ0v) is 6.99.